The van der Waals surface area contributed by atoms with Gasteiger partial charge in [-0.15, -0.1) is 0 Å². The van der Waals surface area contributed by atoms with E-state index in [2.05, 4.69) is 5.32 Å². The SMILES string of the molecule is NC(=O)c1cc(Nc2c(Cl)cc(F)cc2Cl)ccc1N. The van der Waals surface area contributed by atoms with Gasteiger partial charge in [-0.3, -0.25) is 4.79 Å². The van der Waals surface area contributed by atoms with E-state index in [4.69, 9.17) is 34.7 Å². The van der Waals surface area contributed by atoms with Crippen LogP contribution in [0, 0.1) is 5.82 Å². The number of carbonyl (C=O) groups excluding carboxylic acids is 1. The minimum absolute atomic E-state index is 0.118. The van der Waals surface area contributed by atoms with Crippen LogP contribution < -0.4 is 16.8 Å². The summed E-state index contributed by atoms with van der Waals surface area (Å²) in [6, 6.07) is 6.86. The zero-order valence-electron chi connectivity index (χ0n) is 10.1. The molecule has 0 bridgehead atoms. The van der Waals surface area contributed by atoms with E-state index in [0.717, 1.165) is 12.1 Å². The van der Waals surface area contributed by atoms with Crippen molar-refractivity contribution in [2.24, 2.45) is 5.73 Å². The maximum absolute atomic E-state index is 13.1. The minimum Gasteiger partial charge on any atom is -0.398 e. The number of benzene rings is 2. The largest absolute Gasteiger partial charge is 0.398 e. The molecule has 104 valence electrons. The summed E-state index contributed by atoms with van der Waals surface area (Å²) in [5.74, 6) is -1.19. The summed E-state index contributed by atoms with van der Waals surface area (Å²) < 4.78 is 13.1. The number of hydrogen-bond acceptors (Lipinski definition) is 3. The van der Waals surface area contributed by atoms with Gasteiger partial charge < -0.3 is 16.8 Å². The van der Waals surface area contributed by atoms with Crippen molar-refractivity contribution in [2.45, 2.75) is 0 Å². The highest BCUT2D eigenvalue weighted by molar-refractivity contribution is 6.39. The molecule has 0 unspecified atom stereocenters. The van der Waals surface area contributed by atoms with E-state index in [1.54, 1.807) is 6.07 Å². The molecule has 0 aliphatic carbocycles. The van der Waals surface area contributed by atoms with E-state index in [0.29, 0.717) is 11.4 Å². The van der Waals surface area contributed by atoms with Gasteiger partial charge in [0.1, 0.15) is 5.82 Å². The summed E-state index contributed by atoms with van der Waals surface area (Å²) in [4.78, 5) is 11.2. The zero-order chi connectivity index (χ0) is 14.9. The highest BCUT2D eigenvalue weighted by Gasteiger charge is 2.11. The molecule has 0 aliphatic heterocycles. The van der Waals surface area contributed by atoms with Gasteiger partial charge in [0.15, 0.2) is 0 Å². The number of nitrogen functional groups attached to an aromatic ring is 1. The van der Waals surface area contributed by atoms with E-state index in [9.17, 15) is 9.18 Å². The smallest absolute Gasteiger partial charge is 0.250 e. The lowest BCUT2D eigenvalue weighted by atomic mass is 10.1. The van der Waals surface area contributed by atoms with Crippen molar-refractivity contribution < 1.29 is 9.18 Å². The lowest BCUT2D eigenvalue weighted by Crippen LogP contribution is -2.13. The minimum atomic E-state index is -0.651. The molecule has 7 heteroatoms. The predicted molar refractivity (Wildman–Crippen MR) is 79.1 cm³/mol. The Morgan fingerprint density at radius 1 is 1.15 bits per heavy atom. The number of anilines is 3. The van der Waals surface area contributed by atoms with Crippen LogP contribution in [0.4, 0.5) is 21.5 Å². The lowest BCUT2D eigenvalue weighted by Gasteiger charge is -2.12. The predicted octanol–water partition coefficient (Wildman–Crippen LogP) is 3.56. The summed E-state index contributed by atoms with van der Waals surface area (Å²) in [6.07, 6.45) is 0. The molecule has 0 aliphatic rings. The third kappa shape index (κ3) is 2.95. The second kappa shape index (κ2) is 5.56. The molecule has 4 nitrogen and oxygen atoms in total. The number of rotatable bonds is 3. The molecule has 1 amide bonds. The average molecular weight is 314 g/mol. The molecule has 0 radical (unpaired) electrons. The Morgan fingerprint density at radius 3 is 2.30 bits per heavy atom. The van der Waals surface area contributed by atoms with Crippen LogP contribution in [0.15, 0.2) is 30.3 Å². The molecule has 0 saturated carbocycles. The highest BCUT2D eigenvalue weighted by Crippen LogP contribution is 2.34. The molecule has 0 aromatic heterocycles. The van der Waals surface area contributed by atoms with Crippen molar-refractivity contribution in [3.63, 3.8) is 0 Å². The van der Waals surface area contributed by atoms with E-state index < -0.39 is 11.7 Å². The van der Waals surface area contributed by atoms with E-state index in [1.807, 2.05) is 0 Å². The van der Waals surface area contributed by atoms with Gasteiger partial charge in [-0.25, -0.2) is 4.39 Å². The first-order valence-corrected chi connectivity index (χ1v) is 6.25. The number of amides is 1. The number of hydrogen-bond donors (Lipinski definition) is 3. The van der Waals surface area contributed by atoms with Gasteiger partial charge in [0.25, 0.3) is 5.91 Å². The summed E-state index contributed by atoms with van der Waals surface area (Å²) in [7, 11) is 0. The van der Waals surface area contributed by atoms with Crippen LogP contribution in [-0.4, -0.2) is 5.91 Å². The van der Waals surface area contributed by atoms with Crippen molar-refractivity contribution in [1.29, 1.82) is 0 Å². The number of primary amides is 1. The fourth-order valence-corrected chi connectivity index (χ4v) is 2.21. The number of halogens is 3. The van der Waals surface area contributed by atoms with Crippen LogP contribution in [0.25, 0.3) is 0 Å². The third-order valence-corrected chi connectivity index (χ3v) is 3.19. The Kier molecular flexibility index (Phi) is 4.01. The van der Waals surface area contributed by atoms with Gasteiger partial charge in [-0.2, -0.15) is 0 Å². The third-order valence-electron chi connectivity index (χ3n) is 2.59. The maximum atomic E-state index is 13.1. The molecular weight excluding hydrogens is 304 g/mol. The molecule has 0 heterocycles. The van der Waals surface area contributed by atoms with Crippen molar-refractivity contribution in [3.8, 4) is 0 Å². The molecule has 20 heavy (non-hydrogen) atoms. The van der Waals surface area contributed by atoms with Crippen LogP contribution in [0.2, 0.25) is 10.0 Å². The summed E-state index contributed by atoms with van der Waals surface area (Å²) >= 11 is 11.8. The maximum Gasteiger partial charge on any atom is 0.250 e. The zero-order valence-corrected chi connectivity index (χ0v) is 11.6. The summed E-state index contributed by atoms with van der Waals surface area (Å²) in [5, 5.41) is 3.13. The van der Waals surface area contributed by atoms with Crippen molar-refractivity contribution in [2.75, 3.05) is 11.1 Å². The van der Waals surface area contributed by atoms with Gasteiger partial charge >= 0.3 is 0 Å². The topological polar surface area (TPSA) is 81.1 Å². The molecule has 0 fully saturated rings. The molecular formula is C13H10Cl2FN3O. The molecule has 0 atom stereocenters. The monoisotopic (exact) mass is 313 g/mol. The second-order valence-corrected chi connectivity index (χ2v) is 4.85. The molecule has 5 N–H and O–H groups in total. The van der Waals surface area contributed by atoms with Gasteiger partial charge in [0, 0.05) is 11.4 Å². The lowest BCUT2D eigenvalue weighted by molar-refractivity contribution is 0.100. The summed E-state index contributed by atoms with van der Waals surface area (Å²) in [6.45, 7) is 0. The van der Waals surface area contributed by atoms with Crippen LogP contribution in [-0.2, 0) is 0 Å². The van der Waals surface area contributed by atoms with E-state index >= 15 is 0 Å². The fraction of sp³-hybridized carbons (Fsp3) is 0. The normalized spacial score (nSPS) is 10.3. The Balaban J connectivity index is 2.41. The van der Waals surface area contributed by atoms with Crippen molar-refractivity contribution in [3.05, 3.63) is 51.8 Å². The Bertz CT molecular complexity index is 668. The first-order valence-electron chi connectivity index (χ1n) is 5.49. The van der Waals surface area contributed by atoms with E-state index in [1.165, 1.54) is 12.1 Å². The van der Waals surface area contributed by atoms with Crippen LogP contribution in [0.3, 0.4) is 0 Å². The first-order chi connectivity index (χ1) is 9.38. The number of carbonyl (C=O) groups is 1. The highest BCUT2D eigenvalue weighted by atomic mass is 35.5. The fourth-order valence-electron chi connectivity index (χ4n) is 1.65. The van der Waals surface area contributed by atoms with Crippen molar-refractivity contribution >= 4 is 46.2 Å². The van der Waals surface area contributed by atoms with Gasteiger partial charge in [-0.05, 0) is 30.3 Å². The van der Waals surface area contributed by atoms with E-state index in [-0.39, 0.29) is 21.3 Å². The Hall–Kier alpha value is -1.98. The average Bonchev–Trinajstić information content (AvgIpc) is 2.35. The second-order valence-electron chi connectivity index (χ2n) is 4.04. The van der Waals surface area contributed by atoms with Gasteiger partial charge in [-0.1, -0.05) is 23.2 Å². The van der Waals surface area contributed by atoms with Crippen molar-refractivity contribution in [1.82, 2.24) is 0 Å². The van der Waals surface area contributed by atoms with Crippen LogP contribution in [0.1, 0.15) is 10.4 Å². The Labute approximate surface area is 124 Å². The number of nitrogens with two attached hydrogens (primary N) is 2. The molecule has 2 aromatic rings. The molecule has 0 saturated heterocycles. The molecule has 2 rings (SSSR count). The quantitative estimate of drug-likeness (QED) is 0.758. The Morgan fingerprint density at radius 2 is 1.75 bits per heavy atom. The van der Waals surface area contributed by atoms with Gasteiger partial charge in [0.05, 0.1) is 21.3 Å². The first kappa shape index (κ1) is 14.4. The van der Waals surface area contributed by atoms with Crippen LogP contribution >= 0.6 is 23.2 Å². The number of nitrogens with one attached hydrogen (secondary N) is 1. The molecule has 2 aromatic carbocycles. The summed E-state index contributed by atoms with van der Waals surface area (Å²) in [5.41, 5.74) is 12.1. The molecule has 0 spiro atoms. The van der Waals surface area contributed by atoms with Crippen LogP contribution in [0.5, 0.6) is 0 Å². The van der Waals surface area contributed by atoms with Gasteiger partial charge in [0.2, 0.25) is 0 Å². The standard InChI is InChI=1S/C13H10Cl2FN3O/c14-9-3-6(16)4-10(15)12(9)19-7-1-2-11(17)8(5-7)13(18)20/h1-5,19H,17H2,(H2,18,20).